The van der Waals surface area contributed by atoms with Gasteiger partial charge in [0.1, 0.15) is 38.1 Å². The summed E-state index contributed by atoms with van der Waals surface area (Å²) < 4.78 is 39.5. The van der Waals surface area contributed by atoms with Crippen LogP contribution in [0.1, 0.15) is 34.1 Å². The molecule has 4 aromatic rings. The third-order valence-electron chi connectivity index (χ3n) is 6.06. The van der Waals surface area contributed by atoms with Crippen LogP contribution in [0.5, 0.6) is 11.5 Å². The fourth-order valence-corrected chi connectivity index (χ4v) is 3.98. The summed E-state index contributed by atoms with van der Waals surface area (Å²) in [5.41, 5.74) is 3.05. The SMILES string of the molecule is O=C(C(CF)c1ccc(OCc2ccccc2)cc1)C(CF)c1ccc(OCc2ccccc2)cc1. The Kier molecular flexibility index (Phi) is 8.82. The van der Waals surface area contributed by atoms with E-state index in [-0.39, 0.29) is 0 Å². The second-order valence-corrected chi connectivity index (χ2v) is 8.50. The maximum absolute atomic E-state index is 14.0. The molecule has 0 spiro atoms. The highest BCUT2D eigenvalue weighted by molar-refractivity contribution is 5.92. The maximum Gasteiger partial charge on any atom is 0.153 e. The average Bonchev–Trinajstić information content (AvgIpc) is 2.94. The highest BCUT2D eigenvalue weighted by Crippen LogP contribution is 2.30. The molecule has 36 heavy (non-hydrogen) atoms. The lowest BCUT2D eigenvalue weighted by Crippen LogP contribution is -2.23. The van der Waals surface area contributed by atoms with Crippen molar-refractivity contribution in [2.75, 3.05) is 13.3 Å². The Morgan fingerprint density at radius 2 is 0.917 bits per heavy atom. The molecule has 0 amide bonds. The lowest BCUT2D eigenvalue weighted by Gasteiger charge is -2.20. The van der Waals surface area contributed by atoms with Gasteiger partial charge in [-0.15, -0.1) is 0 Å². The Balaban J connectivity index is 1.39. The van der Waals surface area contributed by atoms with E-state index in [0.717, 1.165) is 11.1 Å². The molecule has 0 saturated carbocycles. The number of alkyl halides is 2. The van der Waals surface area contributed by atoms with Crippen molar-refractivity contribution in [3.63, 3.8) is 0 Å². The zero-order valence-corrected chi connectivity index (χ0v) is 19.9. The van der Waals surface area contributed by atoms with Crippen molar-refractivity contribution in [3.8, 4) is 11.5 Å². The van der Waals surface area contributed by atoms with Gasteiger partial charge in [-0.1, -0.05) is 84.9 Å². The van der Waals surface area contributed by atoms with E-state index in [1.54, 1.807) is 48.5 Å². The van der Waals surface area contributed by atoms with Crippen molar-refractivity contribution in [1.29, 1.82) is 0 Å². The van der Waals surface area contributed by atoms with E-state index < -0.39 is 31.0 Å². The fourth-order valence-electron chi connectivity index (χ4n) is 3.98. The molecule has 0 bridgehead atoms. The van der Waals surface area contributed by atoms with Gasteiger partial charge in [-0.3, -0.25) is 4.79 Å². The number of rotatable bonds is 12. The first-order chi connectivity index (χ1) is 17.7. The van der Waals surface area contributed by atoms with Crippen molar-refractivity contribution >= 4 is 5.78 Å². The van der Waals surface area contributed by atoms with Crippen LogP contribution in [0.25, 0.3) is 0 Å². The molecule has 4 rings (SSSR count). The summed E-state index contributed by atoms with van der Waals surface area (Å²) in [5.74, 6) is -1.37. The molecule has 0 heterocycles. The first-order valence-corrected chi connectivity index (χ1v) is 11.9. The molecular formula is C31H28F2O3. The third-order valence-corrected chi connectivity index (χ3v) is 6.06. The summed E-state index contributed by atoms with van der Waals surface area (Å²) >= 11 is 0. The number of ether oxygens (including phenoxy) is 2. The smallest absolute Gasteiger partial charge is 0.153 e. The van der Waals surface area contributed by atoms with Crippen LogP contribution in [0.4, 0.5) is 8.78 Å². The van der Waals surface area contributed by atoms with E-state index in [2.05, 4.69) is 0 Å². The van der Waals surface area contributed by atoms with E-state index in [1.807, 2.05) is 60.7 Å². The van der Waals surface area contributed by atoms with E-state index in [1.165, 1.54) is 0 Å². The largest absolute Gasteiger partial charge is 0.489 e. The second kappa shape index (κ2) is 12.6. The van der Waals surface area contributed by atoms with Crippen molar-refractivity contribution in [3.05, 3.63) is 131 Å². The molecule has 3 nitrogen and oxygen atoms in total. The lowest BCUT2D eigenvalue weighted by molar-refractivity contribution is -0.122. The first kappa shape index (κ1) is 25.1. The molecule has 2 atom stereocenters. The number of hydrogen-bond acceptors (Lipinski definition) is 3. The van der Waals surface area contributed by atoms with Gasteiger partial charge in [0.2, 0.25) is 0 Å². The molecule has 184 valence electrons. The Hall–Kier alpha value is -3.99. The number of carbonyl (C=O) groups is 1. The van der Waals surface area contributed by atoms with E-state index >= 15 is 0 Å². The molecule has 0 aliphatic heterocycles. The minimum Gasteiger partial charge on any atom is -0.489 e. The molecule has 4 aromatic carbocycles. The van der Waals surface area contributed by atoms with E-state index in [0.29, 0.717) is 35.8 Å². The minimum atomic E-state index is -1.05. The topological polar surface area (TPSA) is 35.5 Å². The summed E-state index contributed by atoms with van der Waals surface area (Å²) in [6.45, 7) is -1.00. The fraction of sp³-hybridized carbons (Fsp3) is 0.194. The number of ketones is 1. The number of carbonyl (C=O) groups excluding carboxylic acids is 1. The molecule has 0 aromatic heterocycles. The Labute approximate surface area is 210 Å². The molecule has 0 aliphatic carbocycles. The second-order valence-electron chi connectivity index (χ2n) is 8.50. The van der Waals surface area contributed by atoms with E-state index in [9.17, 15) is 13.6 Å². The monoisotopic (exact) mass is 486 g/mol. The van der Waals surface area contributed by atoms with Gasteiger partial charge in [0, 0.05) is 0 Å². The standard InChI is InChI=1S/C31H28F2O3/c32-19-29(25-11-15-27(16-12-25)35-21-23-7-3-1-4-8-23)31(34)30(20-33)26-13-17-28(18-14-26)36-22-24-9-5-2-6-10-24/h1-18,29-30H,19-22H2. The number of hydrogen-bond donors (Lipinski definition) is 0. The van der Waals surface area contributed by atoms with Crippen LogP contribution in [0, 0.1) is 0 Å². The van der Waals surface area contributed by atoms with Crippen molar-refractivity contribution in [1.82, 2.24) is 0 Å². The zero-order chi connectivity index (χ0) is 25.2. The molecule has 0 N–H and O–H groups in total. The summed E-state index contributed by atoms with van der Waals surface area (Å²) in [6.07, 6.45) is 0. The first-order valence-electron chi connectivity index (χ1n) is 11.9. The van der Waals surface area contributed by atoms with Crippen LogP contribution >= 0.6 is 0 Å². The van der Waals surface area contributed by atoms with Crippen LogP contribution < -0.4 is 9.47 Å². The van der Waals surface area contributed by atoms with Crippen LogP contribution in [0.2, 0.25) is 0 Å². The normalized spacial score (nSPS) is 12.5. The number of Topliss-reactive ketones (excluding diaryl/α,β-unsaturated/α-hetero) is 1. The molecule has 2 unspecified atom stereocenters. The van der Waals surface area contributed by atoms with Crippen molar-refractivity contribution in [2.24, 2.45) is 0 Å². The Morgan fingerprint density at radius 1 is 0.556 bits per heavy atom. The highest BCUT2D eigenvalue weighted by Gasteiger charge is 2.29. The van der Waals surface area contributed by atoms with E-state index in [4.69, 9.17) is 9.47 Å². The molecule has 5 heteroatoms. The predicted molar refractivity (Wildman–Crippen MR) is 137 cm³/mol. The zero-order valence-electron chi connectivity index (χ0n) is 19.9. The molecular weight excluding hydrogens is 458 g/mol. The minimum absolute atomic E-state index is 0.403. The summed E-state index contributed by atoms with van der Waals surface area (Å²) in [5, 5.41) is 0. The van der Waals surface area contributed by atoms with Crippen LogP contribution in [0.3, 0.4) is 0 Å². The maximum atomic E-state index is 14.0. The van der Waals surface area contributed by atoms with Crippen LogP contribution in [-0.2, 0) is 18.0 Å². The average molecular weight is 487 g/mol. The number of halogens is 2. The third kappa shape index (κ3) is 6.57. The molecule has 0 aliphatic rings. The predicted octanol–water partition coefficient (Wildman–Crippen LogP) is 7.22. The van der Waals surface area contributed by atoms with Crippen molar-refractivity contribution in [2.45, 2.75) is 25.0 Å². The van der Waals surface area contributed by atoms with Gasteiger partial charge in [-0.2, -0.15) is 0 Å². The Morgan fingerprint density at radius 3 is 1.25 bits per heavy atom. The summed E-state index contributed by atoms with van der Waals surface area (Å²) in [7, 11) is 0. The van der Waals surface area contributed by atoms with Gasteiger partial charge in [0.05, 0.1) is 11.8 Å². The summed E-state index contributed by atoms with van der Waals surface area (Å²) in [4.78, 5) is 13.2. The lowest BCUT2D eigenvalue weighted by atomic mass is 9.85. The van der Waals surface area contributed by atoms with Gasteiger partial charge < -0.3 is 9.47 Å². The molecule has 0 radical (unpaired) electrons. The van der Waals surface area contributed by atoms with Gasteiger partial charge >= 0.3 is 0 Å². The van der Waals surface area contributed by atoms with Gasteiger partial charge in [0.15, 0.2) is 5.78 Å². The van der Waals surface area contributed by atoms with Gasteiger partial charge in [0.25, 0.3) is 0 Å². The molecule has 0 saturated heterocycles. The van der Waals surface area contributed by atoms with Crippen molar-refractivity contribution < 1.29 is 23.0 Å². The molecule has 0 fully saturated rings. The van der Waals surface area contributed by atoms with Gasteiger partial charge in [-0.25, -0.2) is 8.78 Å². The number of benzene rings is 4. The van der Waals surface area contributed by atoms with Crippen LogP contribution in [-0.4, -0.2) is 19.1 Å². The highest BCUT2D eigenvalue weighted by atomic mass is 19.1. The van der Waals surface area contributed by atoms with Crippen LogP contribution in [0.15, 0.2) is 109 Å². The Bertz CT molecular complexity index is 1110. The summed E-state index contributed by atoms with van der Waals surface area (Å²) in [6, 6.07) is 33.0. The quantitative estimate of drug-likeness (QED) is 0.212. The van der Waals surface area contributed by atoms with Gasteiger partial charge in [-0.05, 0) is 46.5 Å².